The summed E-state index contributed by atoms with van der Waals surface area (Å²) in [4.78, 5) is 12.4. The normalized spacial score (nSPS) is 11.9. The number of alkyl halides is 3. The minimum Gasteiger partial charge on any atom is -0.485 e. The lowest BCUT2D eigenvalue weighted by Gasteiger charge is -2.12. The smallest absolute Gasteiger partial charge is 0.416 e. The number of nitrogens with one attached hydrogen (secondary N) is 1. The van der Waals surface area contributed by atoms with Gasteiger partial charge in [0.15, 0.2) is 6.61 Å². The maximum absolute atomic E-state index is 12.8. The molecule has 0 aromatic heterocycles. The van der Waals surface area contributed by atoms with Gasteiger partial charge in [-0.3, -0.25) is 4.79 Å². The summed E-state index contributed by atoms with van der Waals surface area (Å²) >= 11 is 0. The van der Waals surface area contributed by atoms with E-state index in [-0.39, 0.29) is 17.7 Å². The van der Waals surface area contributed by atoms with E-state index in [1.807, 2.05) is 6.07 Å². The zero-order valence-corrected chi connectivity index (χ0v) is 12.9. The molecule has 0 atom stereocenters. The van der Waals surface area contributed by atoms with Crippen molar-refractivity contribution in [3.8, 4) is 5.75 Å². The summed E-state index contributed by atoms with van der Waals surface area (Å²) in [6.45, 7) is -0.270. The van der Waals surface area contributed by atoms with Crippen molar-refractivity contribution >= 4 is 11.4 Å². The Balaban J connectivity index is 2.20. The molecule has 0 amide bonds. The summed E-state index contributed by atoms with van der Waals surface area (Å²) in [6, 6.07) is 13.4. The quantitative estimate of drug-likeness (QED) is 0.814. The van der Waals surface area contributed by atoms with Crippen molar-refractivity contribution in [2.24, 2.45) is 0 Å². The molecule has 24 heavy (non-hydrogen) atoms. The molecular formula is C18H16F3NO2. The van der Waals surface area contributed by atoms with Gasteiger partial charge in [-0.2, -0.15) is 13.2 Å². The third-order valence-corrected chi connectivity index (χ3v) is 3.20. The molecule has 0 unspecified atom stereocenters. The number of carbonyl (C=O) groups excluding carboxylic acids is 1. The van der Waals surface area contributed by atoms with Crippen LogP contribution >= 0.6 is 0 Å². The van der Waals surface area contributed by atoms with Crippen molar-refractivity contribution in [3.63, 3.8) is 0 Å². The van der Waals surface area contributed by atoms with E-state index in [9.17, 15) is 18.0 Å². The average Bonchev–Trinajstić information content (AvgIpc) is 2.58. The van der Waals surface area contributed by atoms with E-state index < -0.39 is 17.5 Å². The predicted octanol–water partition coefficient (Wildman–Crippen LogP) is 3.91. The Bertz CT molecular complexity index is 725. The minimum absolute atomic E-state index is 0.125. The molecule has 126 valence electrons. The lowest BCUT2D eigenvalue weighted by atomic mass is 10.0. The molecule has 0 saturated heterocycles. The fraction of sp³-hybridized carbons (Fsp3) is 0.167. The van der Waals surface area contributed by atoms with Crippen LogP contribution in [0.3, 0.4) is 0 Å². The van der Waals surface area contributed by atoms with Crippen LogP contribution in [0.2, 0.25) is 0 Å². The van der Waals surface area contributed by atoms with Crippen LogP contribution in [0.4, 0.5) is 13.2 Å². The highest BCUT2D eigenvalue weighted by Crippen LogP contribution is 2.31. The fourth-order valence-corrected chi connectivity index (χ4v) is 2.08. The molecule has 0 aliphatic carbocycles. The van der Waals surface area contributed by atoms with Gasteiger partial charge in [-0.15, -0.1) is 0 Å². The molecule has 0 spiro atoms. The largest absolute Gasteiger partial charge is 0.485 e. The van der Waals surface area contributed by atoms with Crippen LogP contribution in [0.25, 0.3) is 5.57 Å². The fourth-order valence-electron chi connectivity index (χ4n) is 2.08. The average molecular weight is 335 g/mol. The summed E-state index contributed by atoms with van der Waals surface area (Å²) < 4.78 is 43.9. The van der Waals surface area contributed by atoms with Crippen LogP contribution in [0.1, 0.15) is 11.1 Å². The lowest BCUT2D eigenvalue weighted by Crippen LogP contribution is -2.15. The van der Waals surface area contributed by atoms with Gasteiger partial charge in [0.05, 0.1) is 5.56 Å². The molecule has 0 fully saturated rings. The van der Waals surface area contributed by atoms with E-state index in [4.69, 9.17) is 4.74 Å². The number of halogens is 3. The molecule has 2 aromatic rings. The summed E-state index contributed by atoms with van der Waals surface area (Å²) in [5.74, 6) is 0.0891. The minimum atomic E-state index is -4.47. The molecule has 1 N–H and O–H groups in total. The Morgan fingerprint density at radius 3 is 2.46 bits per heavy atom. The molecule has 0 bridgehead atoms. The third-order valence-electron chi connectivity index (χ3n) is 3.20. The number of ether oxygens (including phenoxy) is 1. The van der Waals surface area contributed by atoms with Gasteiger partial charge in [0, 0.05) is 18.8 Å². The number of carbonyl (C=O) groups is 1. The number of hydrogen-bond donors (Lipinski definition) is 1. The maximum atomic E-state index is 12.8. The number of para-hydroxylation sites is 1. The second-order valence-corrected chi connectivity index (χ2v) is 4.95. The number of ketones is 1. The predicted molar refractivity (Wildman–Crippen MR) is 85.4 cm³/mol. The first-order valence-corrected chi connectivity index (χ1v) is 7.18. The third kappa shape index (κ3) is 4.62. The van der Waals surface area contributed by atoms with Gasteiger partial charge in [0.25, 0.3) is 0 Å². The van der Waals surface area contributed by atoms with Gasteiger partial charge in [0.2, 0.25) is 5.78 Å². The summed E-state index contributed by atoms with van der Waals surface area (Å²) in [6.07, 6.45) is -3.10. The standard InChI is InChI=1S/C18H16F3NO2/c1-22-11-16(13-6-5-7-14(10-13)18(19,20)21)17(23)12-24-15-8-3-2-4-9-15/h2-11,22H,12H2,1H3. The zero-order chi connectivity index (χ0) is 17.6. The zero-order valence-electron chi connectivity index (χ0n) is 12.9. The monoisotopic (exact) mass is 335 g/mol. The van der Waals surface area contributed by atoms with Gasteiger partial charge in [-0.05, 0) is 29.8 Å². The molecule has 0 radical (unpaired) electrons. The number of hydrogen-bond acceptors (Lipinski definition) is 3. The van der Waals surface area contributed by atoms with E-state index in [1.54, 1.807) is 31.3 Å². The summed E-state index contributed by atoms with van der Waals surface area (Å²) in [5, 5.41) is 2.68. The number of rotatable bonds is 6. The Morgan fingerprint density at radius 2 is 1.83 bits per heavy atom. The van der Waals surface area contributed by atoms with Gasteiger partial charge in [-0.25, -0.2) is 0 Å². The summed E-state index contributed by atoms with van der Waals surface area (Å²) in [5.41, 5.74) is -0.501. The van der Waals surface area contributed by atoms with Crippen LogP contribution in [-0.4, -0.2) is 19.4 Å². The highest BCUT2D eigenvalue weighted by atomic mass is 19.4. The number of benzene rings is 2. The van der Waals surface area contributed by atoms with Crippen LogP contribution in [0, 0.1) is 0 Å². The van der Waals surface area contributed by atoms with Crippen molar-refractivity contribution in [2.45, 2.75) is 6.18 Å². The molecule has 6 heteroatoms. The number of Topliss-reactive ketones (excluding diaryl/α,β-unsaturated/α-hetero) is 1. The molecule has 0 saturated carbocycles. The maximum Gasteiger partial charge on any atom is 0.416 e. The van der Waals surface area contributed by atoms with Crippen LogP contribution in [0.5, 0.6) is 5.75 Å². The van der Waals surface area contributed by atoms with Gasteiger partial charge < -0.3 is 10.1 Å². The van der Waals surface area contributed by atoms with Crippen molar-refractivity contribution in [1.82, 2.24) is 5.32 Å². The topological polar surface area (TPSA) is 38.3 Å². The highest BCUT2D eigenvalue weighted by Gasteiger charge is 2.31. The van der Waals surface area contributed by atoms with Crippen molar-refractivity contribution in [2.75, 3.05) is 13.7 Å². The SMILES string of the molecule is CNC=C(C(=O)COc1ccccc1)c1cccc(C(F)(F)F)c1. The van der Waals surface area contributed by atoms with E-state index in [0.717, 1.165) is 12.1 Å². The Labute approximate surface area is 137 Å². The van der Waals surface area contributed by atoms with E-state index in [1.165, 1.54) is 18.3 Å². The molecule has 0 heterocycles. The van der Waals surface area contributed by atoms with Crippen LogP contribution < -0.4 is 10.1 Å². The Morgan fingerprint density at radius 1 is 1.12 bits per heavy atom. The van der Waals surface area contributed by atoms with Crippen LogP contribution in [-0.2, 0) is 11.0 Å². The molecule has 0 aliphatic heterocycles. The van der Waals surface area contributed by atoms with Gasteiger partial charge >= 0.3 is 6.18 Å². The van der Waals surface area contributed by atoms with E-state index in [2.05, 4.69) is 5.32 Å². The molecule has 2 rings (SSSR count). The lowest BCUT2D eigenvalue weighted by molar-refractivity contribution is -0.137. The van der Waals surface area contributed by atoms with E-state index >= 15 is 0 Å². The molecule has 2 aromatic carbocycles. The Kier molecular flexibility index (Phi) is 5.63. The van der Waals surface area contributed by atoms with Crippen molar-refractivity contribution in [3.05, 3.63) is 71.9 Å². The van der Waals surface area contributed by atoms with Gasteiger partial charge in [0.1, 0.15) is 5.75 Å². The second kappa shape index (κ2) is 7.68. The first-order chi connectivity index (χ1) is 11.4. The Hall–Kier alpha value is -2.76. The molecule has 3 nitrogen and oxygen atoms in total. The second-order valence-electron chi connectivity index (χ2n) is 4.95. The van der Waals surface area contributed by atoms with E-state index in [0.29, 0.717) is 5.75 Å². The summed E-state index contributed by atoms with van der Waals surface area (Å²) in [7, 11) is 1.57. The molecular weight excluding hydrogens is 319 g/mol. The molecule has 0 aliphatic rings. The van der Waals surface area contributed by atoms with Crippen molar-refractivity contribution in [1.29, 1.82) is 0 Å². The first-order valence-electron chi connectivity index (χ1n) is 7.18. The highest BCUT2D eigenvalue weighted by molar-refractivity contribution is 6.21. The van der Waals surface area contributed by atoms with Crippen molar-refractivity contribution < 1.29 is 22.7 Å². The van der Waals surface area contributed by atoms with Gasteiger partial charge in [-0.1, -0.05) is 30.3 Å². The first kappa shape index (κ1) is 17.6. The van der Waals surface area contributed by atoms with Crippen LogP contribution in [0.15, 0.2) is 60.8 Å².